The van der Waals surface area contributed by atoms with Crippen LogP contribution >= 0.6 is 11.8 Å². The number of carbonyl (C=O) groups excluding carboxylic acids is 1. The minimum Gasteiger partial charge on any atom is -0.321 e. The van der Waals surface area contributed by atoms with Crippen molar-refractivity contribution in [3.8, 4) is 0 Å². The highest BCUT2D eigenvalue weighted by atomic mass is 32.2. The topological polar surface area (TPSA) is 66.5 Å². The smallest absolute Gasteiger partial charge is 0.255 e. The molecule has 2 aromatic carbocycles. The number of thioether (sulfide) groups is 1. The summed E-state index contributed by atoms with van der Waals surface area (Å²) in [5.74, 6) is -0.169. The molecule has 1 atom stereocenters. The summed E-state index contributed by atoms with van der Waals surface area (Å²) in [6, 6.07) is 13.1. The Morgan fingerprint density at radius 2 is 1.86 bits per heavy atom. The fourth-order valence-corrected chi connectivity index (χ4v) is 6.90. The van der Waals surface area contributed by atoms with Gasteiger partial charge in [0.1, 0.15) is 0 Å². The molecular weight excluding hydrogens is 404 g/mol. The molecule has 0 bridgehead atoms. The summed E-state index contributed by atoms with van der Waals surface area (Å²) < 4.78 is 25.6. The molecule has 1 fully saturated rings. The van der Waals surface area contributed by atoms with E-state index in [1.54, 1.807) is 12.1 Å². The van der Waals surface area contributed by atoms with Crippen LogP contribution in [-0.4, -0.2) is 31.9 Å². The van der Waals surface area contributed by atoms with Gasteiger partial charge in [-0.2, -0.15) is 0 Å². The molecule has 0 aromatic heterocycles. The van der Waals surface area contributed by atoms with Crippen molar-refractivity contribution < 1.29 is 13.2 Å². The standard InChI is InChI=1S/C22H26N2O3S2/c1-15-13-17-14-16(11-12-20(17)24(15)29(2,26)27)22(25)23-19-9-5-6-10-21(19)28-18-7-3-4-8-18/h5-6,9-12,14-15,18H,3-4,7-8,13H2,1-2H3,(H,23,25). The molecule has 0 radical (unpaired) electrons. The van der Waals surface area contributed by atoms with Crippen LogP contribution in [0.2, 0.25) is 0 Å². The summed E-state index contributed by atoms with van der Waals surface area (Å²) in [4.78, 5) is 14.0. The van der Waals surface area contributed by atoms with Crippen LogP contribution in [0.25, 0.3) is 0 Å². The SMILES string of the molecule is CC1Cc2cc(C(=O)Nc3ccccc3SC3CCCC3)ccc2N1S(C)(=O)=O. The molecule has 0 spiro atoms. The maximum absolute atomic E-state index is 12.9. The molecule has 1 aliphatic carbocycles. The third kappa shape index (κ3) is 4.31. The number of rotatable bonds is 5. The zero-order valence-corrected chi connectivity index (χ0v) is 18.4. The second-order valence-electron chi connectivity index (χ2n) is 7.93. The minimum absolute atomic E-state index is 0.137. The van der Waals surface area contributed by atoms with Gasteiger partial charge in [0.25, 0.3) is 5.91 Å². The lowest BCUT2D eigenvalue weighted by molar-refractivity contribution is 0.102. The number of sulfonamides is 1. The van der Waals surface area contributed by atoms with Crippen molar-refractivity contribution in [3.05, 3.63) is 53.6 Å². The first-order chi connectivity index (χ1) is 13.8. The summed E-state index contributed by atoms with van der Waals surface area (Å²) in [7, 11) is -3.33. The van der Waals surface area contributed by atoms with E-state index in [0.29, 0.717) is 22.9 Å². The van der Waals surface area contributed by atoms with Gasteiger partial charge in [0, 0.05) is 21.8 Å². The Kier molecular flexibility index (Phi) is 5.62. The Balaban J connectivity index is 1.54. The van der Waals surface area contributed by atoms with Crippen molar-refractivity contribution in [2.24, 2.45) is 0 Å². The van der Waals surface area contributed by atoms with E-state index in [9.17, 15) is 13.2 Å². The second-order valence-corrected chi connectivity index (χ2v) is 11.1. The number of hydrogen-bond donors (Lipinski definition) is 1. The molecule has 1 saturated carbocycles. The van der Waals surface area contributed by atoms with E-state index >= 15 is 0 Å². The van der Waals surface area contributed by atoms with Crippen LogP contribution in [0.5, 0.6) is 0 Å². The van der Waals surface area contributed by atoms with Crippen LogP contribution in [0.1, 0.15) is 48.5 Å². The number of benzene rings is 2. The third-order valence-corrected chi connectivity index (χ3v) is 8.27. The highest BCUT2D eigenvalue weighted by Crippen LogP contribution is 2.38. The van der Waals surface area contributed by atoms with Gasteiger partial charge in [0.05, 0.1) is 17.6 Å². The number of hydrogen-bond acceptors (Lipinski definition) is 4. The molecule has 29 heavy (non-hydrogen) atoms. The van der Waals surface area contributed by atoms with Gasteiger partial charge >= 0.3 is 0 Å². The normalized spacial score (nSPS) is 19.4. The molecule has 154 valence electrons. The van der Waals surface area contributed by atoms with Crippen molar-refractivity contribution in [1.29, 1.82) is 0 Å². The highest BCUT2D eigenvalue weighted by Gasteiger charge is 2.32. The molecule has 4 rings (SSSR count). The number of nitrogens with zero attached hydrogens (tertiary/aromatic N) is 1. The largest absolute Gasteiger partial charge is 0.321 e. The van der Waals surface area contributed by atoms with Crippen LogP contribution in [0.15, 0.2) is 47.4 Å². The third-order valence-electron chi connectivity index (χ3n) is 5.58. The van der Waals surface area contributed by atoms with Gasteiger partial charge < -0.3 is 5.32 Å². The van der Waals surface area contributed by atoms with Crippen LogP contribution in [0.4, 0.5) is 11.4 Å². The summed E-state index contributed by atoms with van der Waals surface area (Å²) in [6.45, 7) is 1.89. The van der Waals surface area contributed by atoms with Crippen LogP contribution in [-0.2, 0) is 16.4 Å². The van der Waals surface area contributed by atoms with Gasteiger partial charge in [0.2, 0.25) is 10.0 Å². The van der Waals surface area contributed by atoms with E-state index in [4.69, 9.17) is 0 Å². The van der Waals surface area contributed by atoms with Crippen molar-refractivity contribution in [1.82, 2.24) is 0 Å². The van der Waals surface area contributed by atoms with Crippen LogP contribution < -0.4 is 9.62 Å². The first-order valence-electron chi connectivity index (χ1n) is 10.0. The molecule has 1 amide bonds. The molecule has 1 aliphatic heterocycles. The fraction of sp³-hybridized carbons (Fsp3) is 0.409. The zero-order valence-electron chi connectivity index (χ0n) is 16.7. The van der Waals surface area contributed by atoms with Gasteiger partial charge in [0.15, 0.2) is 0 Å². The predicted octanol–water partition coefficient (Wildman–Crippen LogP) is 4.68. The van der Waals surface area contributed by atoms with E-state index in [1.807, 2.05) is 43.0 Å². The first kappa shape index (κ1) is 20.3. The summed E-state index contributed by atoms with van der Waals surface area (Å²) in [5.41, 5.74) is 2.95. The summed E-state index contributed by atoms with van der Waals surface area (Å²) >= 11 is 1.85. The Hall–Kier alpha value is -1.99. The molecule has 1 unspecified atom stereocenters. The Labute approximate surface area is 176 Å². The maximum Gasteiger partial charge on any atom is 0.255 e. The van der Waals surface area contributed by atoms with Gasteiger partial charge in [-0.05, 0) is 62.1 Å². The Morgan fingerprint density at radius 3 is 2.59 bits per heavy atom. The molecule has 1 heterocycles. The van der Waals surface area contributed by atoms with Crippen molar-refractivity contribution in [2.75, 3.05) is 15.9 Å². The Morgan fingerprint density at radius 1 is 1.14 bits per heavy atom. The average molecular weight is 431 g/mol. The van der Waals surface area contributed by atoms with Crippen LogP contribution in [0, 0.1) is 0 Å². The van der Waals surface area contributed by atoms with Crippen molar-refractivity contribution in [3.63, 3.8) is 0 Å². The second kappa shape index (κ2) is 8.03. The minimum atomic E-state index is -3.33. The van der Waals surface area contributed by atoms with Crippen LogP contribution in [0.3, 0.4) is 0 Å². The van der Waals surface area contributed by atoms with E-state index in [2.05, 4.69) is 11.4 Å². The Bertz CT molecular complexity index is 1030. The molecule has 7 heteroatoms. The lowest BCUT2D eigenvalue weighted by Crippen LogP contribution is -2.34. The summed E-state index contributed by atoms with van der Waals surface area (Å²) in [5, 5.41) is 3.67. The number of fused-ring (bicyclic) bond motifs is 1. The maximum atomic E-state index is 12.9. The molecule has 1 N–H and O–H groups in total. The molecule has 2 aliphatic rings. The van der Waals surface area contributed by atoms with Gasteiger partial charge in [-0.15, -0.1) is 11.8 Å². The quantitative estimate of drug-likeness (QED) is 0.748. The lowest BCUT2D eigenvalue weighted by Gasteiger charge is -2.22. The monoisotopic (exact) mass is 430 g/mol. The molecular formula is C22H26N2O3S2. The van der Waals surface area contributed by atoms with E-state index in [0.717, 1.165) is 16.1 Å². The summed E-state index contributed by atoms with van der Waals surface area (Å²) in [6.07, 6.45) is 6.85. The number of nitrogens with one attached hydrogen (secondary N) is 1. The highest BCUT2D eigenvalue weighted by molar-refractivity contribution is 8.00. The number of amides is 1. The van der Waals surface area contributed by atoms with E-state index < -0.39 is 10.0 Å². The number of para-hydroxylation sites is 1. The van der Waals surface area contributed by atoms with E-state index in [1.165, 1.54) is 36.2 Å². The molecule has 5 nitrogen and oxygen atoms in total. The zero-order chi connectivity index (χ0) is 20.6. The fourth-order valence-electron chi connectivity index (χ4n) is 4.30. The van der Waals surface area contributed by atoms with E-state index in [-0.39, 0.29) is 11.9 Å². The van der Waals surface area contributed by atoms with Gasteiger partial charge in [-0.25, -0.2) is 8.42 Å². The number of carbonyl (C=O) groups is 1. The predicted molar refractivity (Wildman–Crippen MR) is 119 cm³/mol. The van der Waals surface area contributed by atoms with Crippen molar-refractivity contribution in [2.45, 2.75) is 55.2 Å². The average Bonchev–Trinajstić information content (AvgIpc) is 3.28. The first-order valence-corrected chi connectivity index (χ1v) is 12.7. The molecule has 0 saturated heterocycles. The number of anilines is 2. The molecule has 2 aromatic rings. The lowest BCUT2D eigenvalue weighted by atomic mass is 10.1. The van der Waals surface area contributed by atoms with Gasteiger partial charge in [-0.1, -0.05) is 25.0 Å². The van der Waals surface area contributed by atoms with Crippen molar-refractivity contribution >= 4 is 39.1 Å². The van der Waals surface area contributed by atoms with Gasteiger partial charge in [-0.3, -0.25) is 9.10 Å².